The van der Waals surface area contributed by atoms with Gasteiger partial charge in [0.05, 0.1) is 17.9 Å². The van der Waals surface area contributed by atoms with Gasteiger partial charge < -0.3 is 5.32 Å². The van der Waals surface area contributed by atoms with E-state index in [1.165, 1.54) is 0 Å². The maximum atomic E-state index is 11.0. The van der Waals surface area contributed by atoms with Crippen molar-refractivity contribution in [2.75, 3.05) is 10.0 Å². The summed E-state index contributed by atoms with van der Waals surface area (Å²) >= 11 is 0. The van der Waals surface area contributed by atoms with Crippen LogP contribution in [-0.4, -0.2) is 18.2 Å². The summed E-state index contributed by atoms with van der Waals surface area (Å²) in [7, 11) is -3.75. The first-order valence-corrected chi connectivity index (χ1v) is 7.68. The zero-order valence-electron chi connectivity index (χ0n) is 11.1. The van der Waals surface area contributed by atoms with E-state index in [0.29, 0.717) is 12.2 Å². The van der Waals surface area contributed by atoms with Crippen LogP contribution in [0.1, 0.15) is 12.6 Å². The van der Waals surface area contributed by atoms with Gasteiger partial charge in [-0.15, -0.1) is 0 Å². The number of aryl methyl sites for hydroxylation is 1. The van der Waals surface area contributed by atoms with E-state index in [9.17, 15) is 8.42 Å². The Bertz CT molecular complexity index is 681. The largest absolute Gasteiger partial charge is 0.379 e. The molecule has 0 aliphatic carbocycles. The van der Waals surface area contributed by atoms with Crippen LogP contribution < -0.4 is 15.2 Å². The third-order valence-electron chi connectivity index (χ3n) is 2.70. The van der Waals surface area contributed by atoms with Gasteiger partial charge >= 0.3 is 0 Å². The van der Waals surface area contributed by atoms with Gasteiger partial charge in [-0.3, -0.25) is 9.40 Å². The Kier molecular flexibility index (Phi) is 4.26. The number of anilines is 2. The van der Waals surface area contributed by atoms with Crippen molar-refractivity contribution in [1.82, 2.24) is 9.78 Å². The van der Waals surface area contributed by atoms with Gasteiger partial charge in [0, 0.05) is 18.4 Å². The Hall–Kier alpha value is -2.06. The fourth-order valence-corrected chi connectivity index (χ4v) is 2.30. The number of hydrogen-bond donors (Lipinski definition) is 3. The van der Waals surface area contributed by atoms with Crippen molar-refractivity contribution >= 4 is 21.6 Å². The van der Waals surface area contributed by atoms with Crippen molar-refractivity contribution in [3.8, 4) is 0 Å². The van der Waals surface area contributed by atoms with E-state index >= 15 is 0 Å². The van der Waals surface area contributed by atoms with E-state index in [2.05, 4.69) is 15.1 Å². The summed E-state index contributed by atoms with van der Waals surface area (Å²) in [4.78, 5) is 0. The first-order valence-electron chi connectivity index (χ1n) is 6.13. The summed E-state index contributed by atoms with van der Waals surface area (Å²) in [6, 6.07) is 8.83. The number of rotatable bonds is 6. The van der Waals surface area contributed by atoms with Crippen molar-refractivity contribution in [3.05, 3.63) is 42.2 Å². The lowest BCUT2D eigenvalue weighted by atomic mass is 10.3. The molecular formula is C12H17N5O2S. The van der Waals surface area contributed by atoms with Gasteiger partial charge in [-0.05, 0) is 31.2 Å². The van der Waals surface area contributed by atoms with Gasteiger partial charge in [-0.25, -0.2) is 5.14 Å². The van der Waals surface area contributed by atoms with Gasteiger partial charge in [-0.2, -0.15) is 13.5 Å². The van der Waals surface area contributed by atoms with Crippen LogP contribution in [0.4, 0.5) is 11.4 Å². The molecule has 1 aromatic heterocycles. The van der Waals surface area contributed by atoms with Crippen LogP contribution in [0.3, 0.4) is 0 Å². The Labute approximate surface area is 118 Å². The molecule has 0 saturated heterocycles. The average Bonchev–Trinajstić information content (AvgIpc) is 2.82. The molecule has 0 radical (unpaired) electrons. The number of nitrogens with zero attached hydrogens (tertiary/aromatic N) is 2. The van der Waals surface area contributed by atoms with E-state index in [1.54, 1.807) is 24.4 Å². The van der Waals surface area contributed by atoms with E-state index < -0.39 is 10.2 Å². The molecule has 108 valence electrons. The molecule has 0 fully saturated rings. The van der Waals surface area contributed by atoms with Gasteiger partial charge in [0.1, 0.15) is 0 Å². The van der Waals surface area contributed by atoms with Gasteiger partial charge in [-0.1, -0.05) is 6.07 Å². The minimum absolute atomic E-state index is 0.418. The van der Waals surface area contributed by atoms with Crippen LogP contribution in [0.25, 0.3) is 0 Å². The third kappa shape index (κ3) is 3.97. The highest BCUT2D eigenvalue weighted by Gasteiger charge is 2.04. The number of aromatic nitrogens is 2. The molecule has 2 rings (SSSR count). The molecule has 0 spiro atoms. The predicted octanol–water partition coefficient (Wildman–Crippen LogP) is 1.13. The summed E-state index contributed by atoms with van der Waals surface area (Å²) in [6.07, 6.45) is 1.75. The molecule has 0 bridgehead atoms. The summed E-state index contributed by atoms with van der Waals surface area (Å²) in [5, 5.41) is 12.3. The van der Waals surface area contributed by atoms with Gasteiger partial charge in [0.25, 0.3) is 10.2 Å². The Morgan fingerprint density at radius 1 is 1.30 bits per heavy atom. The van der Waals surface area contributed by atoms with Crippen molar-refractivity contribution in [2.45, 2.75) is 20.0 Å². The first-order chi connectivity index (χ1) is 9.48. The molecule has 0 aliphatic heterocycles. The molecular weight excluding hydrogens is 278 g/mol. The number of nitrogens with two attached hydrogens (primary N) is 1. The summed E-state index contributed by atoms with van der Waals surface area (Å²) in [6.45, 7) is 3.43. The van der Waals surface area contributed by atoms with Crippen LogP contribution in [0.2, 0.25) is 0 Å². The van der Waals surface area contributed by atoms with Crippen molar-refractivity contribution in [1.29, 1.82) is 0 Å². The van der Waals surface area contributed by atoms with Gasteiger partial charge in [0.15, 0.2) is 0 Å². The first kappa shape index (κ1) is 14.4. The molecule has 0 unspecified atom stereocenters. The van der Waals surface area contributed by atoms with E-state index in [0.717, 1.165) is 17.9 Å². The molecule has 0 atom stereocenters. The van der Waals surface area contributed by atoms with Crippen molar-refractivity contribution in [3.63, 3.8) is 0 Å². The predicted molar refractivity (Wildman–Crippen MR) is 78.4 cm³/mol. The SMILES string of the molecule is CCn1nccc1CNc1cccc(NS(N)(=O)=O)c1. The molecule has 1 heterocycles. The molecule has 7 nitrogen and oxygen atoms in total. The summed E-state index contributed by atoms with van der Waals surface area (Å²) < 4.78 is 26.1. The Morgan fingerprint density at radius 2 is 2.05 bits per heavy atom. The summed E-state index contributed by atoms with van der Waals surface area (Å²) in [5.41, 5.74) is 2.27. The van der Waals surface area contributed by atoms with E-state index in [1.807, 2.05) is 23.7 Å². The van der Waals surface area contributed by atoms with Crippen molar-refractivity contribution in [2.24, 2.45) is 5.14 Å². The van der Waals surface area contributed by atoms with E-state index in [-0.39, 0.29) is 0 Å². The Morgan fingerprint density at radius 3 is 2.75 bits per heavy atom. The monoisotopic (exact) mass is 295 g/mol. The molecule has 0 saturated carbocycles. The molecule has 0 amide bonds. The number of nitrogens with one attached hydrogen (secondary N) is 2. The Balaban J connectivity index is 2.05. The number of benzene rings is 1. The third-order valence-corrected chi connectivity index (χ3v) is 3.22. The minimum atomic E-state index is -3.75. The highest BCUT2D eigenvalue weighted by Crippen LogP contribution is 2.16. The maximum Gasteiger partial charge on any atom is 0.296 e. The minimum Gasteiger partial charge on any atom is -0.379 e. The van der Waals surface area contributed by atoms with Gasteiger partial charge in [0.2, 0.25) is 0 Å². The highest BCUT2D eigenvalue weighted by atomic mass is 32.2. The quantitative estimate of drug-likeness (QED) is 0.743. The lowest BCUT2D eigenvalue weighted by Gasteiger charge is -2.10. The van der Waals surface area contributed by atoms with Crippen LogP contribution in [0, 0.1) is 0 Å². The molecule has 0 aliphatic rings. The van der Waals surface area contributed by atoms with Crippen LogP contribution in [0.5, 0.6) is 0 Å². The fourth-order valence-electron chi connectivity index (χ4n) is 1.84. The fraction of sp³-hybridized carbons (Fsp3) is 0.250. The molecule has 4 N–H and O–H groups in total. The zero-order chi connectivity index (χ0) is 14.6. The second-order valence-electron chi connectivity index (χ2n) is 4.22. The smallest absolute Gasteiger partial charge is 0.296 e. The maximum absolute atomic E-state index is 11.0. The molecule has 20 heavy (non-hydrogen) atoms. The van der Waals surface area contributed by atoms with E-state index in [4.69, 9.17) is 5.14 Å². The van der Waals surface area contributed by atoms with Crippen LogP contribution >= 0.6 is 0 Å². The lowest BCUT2D eigenvalue weighted by molar-refractivity contribution is 0.603. The molecule has 1 aromatic carbocycles. The van der Waals surface area contributed by atoms with Crippen LogP contribution in [-0.2, 0) is 23.3 Å². The summed E-state index contributed by atoms with van der Waals surface area (Å²) in [5.74, 6) is 0. The normalized spacial score (nSPS) is 11.3. The average molecular weight is 295 g/mol. The van der Waals surface area contributed by atoms with Crippen molar-refractivity contribution < 1.29 is 8.42 Å². The molecule has 2 aromatic rings. The number of hydrogen-bond acceptors (Lipinski definition) is 4. The second kappa shape index (κ2) is 5.93. The lowest BCUT2D eigenvalue weighted by Crippen LogP contribution is -2.21. The second-order valence-corrected chi connectivity index (χ2v) is 5.51. The zero-order valence-corrected chi connectivity index (χ0v) is 11.9. The standard InChI is InChI=1S/C12H17N5O2S/c1-2-17-12(6-7-15-17)9-14-10-4-3-5-11(8-10)16-20(13,18)19/h3-8,14,16H,2,9H2,1H3,(H2,13,18,19). The van der Waals surface area contributed by atoms with Crippen LogP contribution in [0.15, 0.2) is 36.5 Å². The topological polar surface area (TPSA) is 102 Å². The highest BCUT2D eigenvalue weighted by molar-refractivity contribution is 7.90. The molecule has 8 heteroatoms.